The number of ether oxygens (including phenoxy) is 1. The van der Waals surface area contributed by atoms with Gasteiger partial charge in [-0.2, -0.15) is 0 Å². The fourth-order valence-corrected chi connectivity index (χ4v) is 2.63. The Hall–Kier alpha value is -2.93. The highest BCUT2D eigenvalue weighted by Crippen LogP contribution is 2.28. The number of nitro benzene ring substituents is 1. The Morgan fingerprint density at radius 2 is 1.81 bits per heavy atom. The maximum Gasteiger partial charge on any atom is 0.311 e. The van der Waals surface area contributed by atoms with Crippen LogP contribution < -0.4 is 15.8 Å². The van der Waals surface area contributed by atoms with E-state index in [1.165, 1.54) is 23.8 Å². The van der Waals surface area contributed by atoms with Crippen molar-refractivity contribution in [3.05, 3.63) is 69.3 Å². The molecule has 0 fully saturated rings. The highest BCUT2D eigenvalue weighted by Gasteiger charge is 2.19. The summed E-state index contributed by atoms with van der Waals surface area (Å²) in [5.74, 6) is 0.154. The van der Waals surface area contributed by atoms with Crippen LogP contribution in [0.3, 0.4) is 0 Å². The summed E-state index contributed by atoms with van der Waals surface area (Å²) in [6, 6.07) is 11.7. The lowest BCUT2D eigenvalue weighted by atomic mass is 9.99. The number of nitrogens with two attached hydrogens (primary N) is 1. The number of hydrogen-bond donors (Lipinski definition) is 2. The first-order valence-electron chi connectivity index (χ1n) is 8.88. The Balaban J connectivity index is 2.04. The average Bonchev–Trinajstić information content (AvgIpc) is 2.66. The molecule has 0 aliphatic rings. The molecule has 144 valence electrons. The normalized spacial score (nSPS) is 11.9. The number of nitro groups is 1. The molecule has 7 nitrogen and oxygen atoms in total. The lowest BCUT2D eigenvalue weighted by Gasteiger charge is -2.15. The van der Waals surface area contributed by atoms with Gasteiger partial charge >= 0.3 is 5.69 Å². The monoisotopic (exact) mass is 371 g/mol. The van der Waals surface area contributed by atoms with Gasteiger partial charge in [0.1, 0.15) is 0 Å². The zero-order valence-corrected chi connectivity index (χ0v) is 15.8. The Labute approximate surface area is 158 Å². The Morgan fingerprint density at radius 3 is 2.37 bits per heavy atom. The largest absolute Gasteiger partial charge is 0.487 e. The summed E-state index contributed by atoms with van der Waals surface area (Å²) in [7, 11) is 0. The lowest BCUT2D eigenvalue weighted by molar-refractivity contribution is -0.385. The van der Waals surface area contributed by atoms with Crippen molar-refractivity contribution in [2.24, 2.45) is 5.73 Å². The molecule has 0 spiro atoms. The van der Waals surface area contributed by atoms with E-state index in [0.29, 0.717) is 12.5 Å². The highest BCUT2D eigenvalue weighted by atomic mass is 16.6. The number of hydrogen-bond acceptors (Lipinski definition) is 5. The highest BCUT2D eigenvalue weighted by molar-refractivity contribution is 5.95. The van der Waals surface area contributed by atoms with Crippen LogP contribution in [0.15, 0.2) is 42.5 Å². The van der Waals surface area contributed by atoms with Gasteiger partial charge in [-0.1, -0.05) is 38.1 Å². The number of nitrogens with zero attached hydrogens (tertiary/aromatic N) is 1. The lowest BCUT2D eigenvalue weighted by Crippen LogP contribution is -2.31. The van der Waals surface area contributed by atoms with Crippen LogP contribution in [0.4, 0.5) is 5.69 Å². The standard InChI is InChI=1S/C20H25N3O4/c1-4-27-19-10-9-16(11-18(19)23(25)26)20(24)22-12-17(21)15-7-5-14(6-8-15)13(2)3/h5-11,13,17H,4,12,21H2,1-3H3,(H,22,24). The van der Waals surface area contributed by atoms with Crippen molar-refractivity contribution >= 4 is 11.6 Å². The van der Waals surface area contributed by atoms with Crippen LogP contribution in [0.25, 0.3) is 0 Å². The van der Waals surface area contributed by atoms with Crippen LogP contribution in [-0.2, 0) is 0 Å². The molecule has 0 radical (unpaired) electrons. The summed E-state index contributed by atoms with van der Waals surface area (Å²) in [6.45, 7) is 6.49. The summed E-state index contributed by atoms with van der Waals surface area (Å²) in [5, 5.41) is 13.9. The molecule has 0 saturated heterocycles. The van der Waals surface area contributed by atoms with Crippen molar-refractivity contribution < 1.29 is 14.5 Å². The van der Waals surface area contributed by atoms with E-state index < -0.39 is 10.8 Å². The number of benzene rings is 2. The van der Waals surface area contributed by atoms with Crippen molar-refractivity contribution in [3.63, 3.8) is 0 Å². The first kappa shape index (κ1) is 20.4. The van der Waals surface area contributed by atoms with E-state index in [9.17, 15) is 14.9 Å². The minimum atomic E-state index is -0.566. The van der Waals surface area contributed by atoms with Crippen molar-refractivity contribution in [3.8, 4) is 5.75 Å². The van der Waals surface area contributed by atoms with Gasteiger partial charge < -0.3 is 15.8 Å². The molecule has 0 aliphatic heterocycles. The van der Waals surface area contributed by atoms with E-state index >= 15 is 0 Å². The molecule has 2 aromatic carbocycles. The Kier molecular flexibility index (Phi) is 6.90. The molecule has 1 amide bonds. The molecular weight excluding hydrogens is 346 g/mol. The summed E-state index contributed by atoms with van der Waals surface area (Å²) in [5.41, 5.74) is 8.23. The second-order valence-corrected chi connectivity index (χ2v) is 6.51. The number of carbonyl (C=O) groups excluding carboxylic acids is 1. The second kappa shape index (κ2) is 9.14. The van der Waals surface area contributed by atoms with Crippen LogP contribution in [-0.4, -0.2) is 24.0 Å². The molecule has 0 heterocycles. The van der Waals surface area contributed by atoms with Crippen LogP contribution in [0.5, 0.6) is 5.75 Å². The minimum Gasteiger partial charge on any atom is -0.487 e. The molecule has 1 atom stereocenters. The van der Waals surface area contributed by atoms with Gasteiger partial charge in [-0.05, 0) is 36.1 Å². The average molecular weight is 371 g/mol. The van der Waals surface area contributed by atoms with Gasteiger partial charge in [0.2, 0.25) is 0 Å². The van der Waals surface area contributed by atoms with Gasteiger partial charge in [0, 0.05) is 24.2 Å². The first-order chi connectivity index (χ1) is 12.8. The van der Waals surface area contributed by atoms with Gasteiger partial charge in [-0.25, -0.2) is 0 Å². The van der Waals surface area contributed by atoms with Crippen molar-refractivity contribution in [2.75, 3.05) is 13.2 Å². The fourth-order valence-electron chi connectivity index (χ4n) is 2.63. The van der Waals surface area contributed by atoms with Gasteiger partial charge in [0.15, 0.2) is 5.75 Å². The third-order valence-corrected chi connectivity index (χ3v) is 4.23. The molecule has 0 aromatic heterocycles. The van der Waals surface area contributed by atoms with E-state index in [4.69, 9.17) is 10.5 Å². The van der Waals surface area contributed by atoms with Crippen molar-refractivity contribution in [1.82, 2.24) is 5.32 Å². The van der Waals surface area contributed by atoms with Gasteiger partial charge in [0.05, 0.1) is 11.5 Å². The van der Waals surface area contributed by atoms with E-state index in [2.05, 4.69) is 19.2 Å². The zero-order valence-electron chi connectivity index (χ0n) is 15.8. The zero-order chi connectivity index (χ0) is 20.0. The molecule has 27 heavy (non-hydrogen) atoms. The van der Waals surface area contributed by atoms with E-state index in [1.54, 1.807) is 6.92 Å². The van der Waals surface area contributed by atoms with Crippen molar-refractivity contribution in [1.29, 1.82) is 0 Å². The molecule has 1 unspecified atom stereocenters. The fraction of sp³-hybridized carbons (Fsp3) is 0.350. The molecule has 2 rings (SSSR count). The topological polar surface area (TPSA) is 107 Å². The van der Waals surface area contributed by atoms with Gasteiger partial charge in [-0.15, -0.1) is 0 Å². The van der Waals surface area contributed by atoms with Gasteiger partial charge in [-0.3, -0.25) is 14.9 Å². The molecule has 3 N–H and O–H groups in total. The number of rotatable bonds is 8. The predicted molar refractivity (Wildman–Crippen MR) is 104 cm³/mol. The first-order valence-corrected chi connectivity index (χ1v) is 8.88. The molecule has 0 bridgehead atoms. The molecular formula is C20H25N3O4. The summed E-state index contributed by atoms with van der Waals surface area (Å²) >= 11 is 0. The predicted octanol–water partition coefficient (Wildman–Crippen LogP) is 3.55. The number of nitrogens with one attached hydrogen (secondary N) is 1. The van der Waals surface area contributed by atoms with Crippen LogP contribution in [0.2, 0.25) is 0 Å². The maximum atomic E-state index is 12.3. The quantitative estimate of drug-likeness (QED) is 0.545. The number of carbonyl (C=O) groups is 1. The van der Waals surface area contributed by atoms with E-state index in [0.717, 1.165) is 5.56 Å². The SMILES string of the molecule is CCOc1ccc(C(=O)NCC(N)c2ccc(C(C)C)cc2)cc1[N+](=O)[O-]. The van der Waals surface area contributed by atoms with Crippen LogP contribution >= 0.6 is 0 Å². The molecule has 7 heteroatoms. The smallest absolute Gasteiger partial charge is 0.311 e. The Bertz CT molecular complexity index is 803. The van der Waals surface area contributed by atoms with Gasteiger partial charge in [0.25, 0.3) is 5.91 Å². The molecule has 0 saturated carbocycles. The van der Waals surface area contributed by atoms with Crippen LogP contribution in [0, 0.1) is 10.1 Å². The maximum absolute atomic E-state index is 12.3. The number of amides is 1. The van der Waals surface area contributed by atoms with E-state index in [-0.39, 0.29) is 29.6 Å². The second-order valence-electron chi connectivity index (χ2n) is 6.51. The summed E-state index contributed by atoms with van der Waals surface area (Å²) in [4.78, 5) is 22.9. The molecule has 2 aromatic rings. The summed E-state index contributed by atoms with van der Waals surface area (Å²) < 4.78 is 5.22. The van der Waals surface area contributed by atoms with Crippen molar-refractivity contribution in [2.45, 2.75) is 32.7 Å². The summed E-state index contributed by atoms with van der Waals surface area (Å²) in [6.07, 6.45) is 0. The molecule has 0 aliphatic carbocycles. The Morgan fingerprint density at radius 1 is 1.19 bits per heavy atom. The van der Waals surface area contributed by atoms with E-state index in [1.807, 2.05) is 24.3 Å². The third-order valence-electron chi connectivity index (χ3n) is 4.23. The van der Waals surface area contributed by atoms with Crippen LogP contribution in [0.1, 0.15) is 54.2 Å². The third kappa shape index (κ3) is 5.27. The minimum absolute atomic E-state index is 0.140.